The van der Waals surface area contributed by atoms with Crippen molar-refractivity contribution in [1.82, 2.24) is 9.97 Å². The third-order valence-electron chi connectivity index (χ3n) is 4.66. The smallest absolute Gasteiger partial charge is 0.128 e. The first kappa shape index (κ1) is 19.4. The van der Waals surface area contributed by atoms with E-state index in [1.807, 2.05) is 24.3 Å². The van der Waals surface area contributed by atoms with Gasteiger partial charge in [0.25, 0.3) is 0 Å². The number of phenols is 1. The molecule has 30 heavy (non-hydrogen) atoms. The molecule has 4 rings (SSSR count). The van der Waals surface area contributed by atoms with Crippen molar-refractivity contribution in [2.75, 3.05) is 7.11 Å². The second-order valence-corrected chi connectivity index (χ2v) is 6.61. The van der Waals surface area contributed by atoms with E-state index in [0.29, 0.717) is 17.0 Å². The molecule has 0 aliphatic rings. The van der Waals surface area contributed by atoms with Gasteiger partial charge in [-0.2, -0.15) is 0 Å². The predicted octanol–water partition coefficient (Wildman–Crippen LogP) is 5.24. The monoisotopic (exact) mass is 402 g/mol. The van der Waals surface area contributed by atoms with Crippen molar-refractivity contribution in [3.63, 3.8) is 0 Å². The standard InChI is InChI=1S/C24H19FN2O3/c1-29-19-8-4-17(5-9-19)22-13-26-15-27-24(22)21-11-10-20(12-23(21)28)30-14-16-2-6-18(25)7-3-16/h2-13,15,28H,14H2,1H3. The van der Waals surface area contributed by atoms with Crippen molar-refractivity contribution in [3.8, 4) is 39.6 Å². The van der Waals surface area contributed by atoms with E-state index in [9.17, 15) is 9.50 Å². The van der Waals surface area contributed by atoms with Crippen LogP contribution in [0.25, 0.3) is 22.4 Å². The van der Waals surface area contributed by atoms with Gasteiger partial charge in [-0.3, -0.25) is 0 Å². The van der Waals surface area contributed by atoms with Crippen LogP contribution >= 0.6 is 0 Å². The molecule has 0 fully saturated rings. The summed E-state index contributed by atoms with van der Waals surface area (Å²) >= 11 is 0. The van der Waals surface area contributed by atoms with Gasteiger partial charge in [0, 0.05) is 23.4 Å². The van der Waals surface area contributed by atoms with Crippen LogP contribution in [0.2, 0.25) is 0 Å². The fourth-order valence-corrected chi connectivity index (χ4v) is 3.07. The molecule has 0 saturated heterocycles. The van der Waals surface area contributed by atoms with Crippen LogP contribution in [0.5, 0.6) is 17.2 Å². The summed E-state index contributed by atoms with van der Waals surface area (Å²) in [6.07, 6.45) is 3.16. The van der Waals surface area contributed by atoms with Gasteiger partial charge in [-0.05, 0) is 47.5 Å². The summed E-state index contributed by atoms with van der Waals surface area (Å²) in [5.74, 6) is 1.00. The highest BCUT2D eigenvalue weighted by Crippen LogP contribution is 2.37. The van der Waals surface area contributed by atoms with E-state index in [1.165, 1.54) is 18.5 Å². The molecule has 4 aromatic rings. The highest BCUT2D eigenvalue weighted by molar-refractivity contribution is 5.83. The van der Waals surface area contributed by atoms with Crippen molar-refractivity contribution in [2.45, 2.75) is 6.61 Å². The minimum atomic E-state index is -0.293. The summed E-state index contributed by atoms with van der Waals surface area (Å²) in [4.78, 5) is 8.51. The fourth-order valence-electron chi connectivity index (χ4n) is 3.07. The minimum absolute atomic E-state index is 0.0417. The molecule has 0 spiro atoms. The lowest BCUT2D eigenvalue weighted by atomic mass is 10.00. The van der Waals surface area contributed by atoms with E-state index >= 15 is 0 Å². The van der Waals surface area contributed by atoms with Crippen molar-refractivity contribution >= 4 is 0 Å². The van der Waals surface area contributed by atoms with Gasteiger partial charge in [0.05, 0.1) is 12.8 Å². The van der Waals surface area contributed by atoms with Crippen molar-refractivity contribution in [1.29, 1.82) is 0 Å². The second-order valence-electron chi connectivity index (χ2n) is 6.61. The number of hydrogen-bond acceptors (Lipinski definition) is 5. The lowest BCUT2D eigenvalue weighted by Gasteiger charge is -2.12. The van der Waals surface area contributed by atoms with E-state index in [2.05, 4.69) is 9.97 Å². The highest BCUT2D eigenvalue weighted by Gasteiger charge is 2.14. The number of nitrogens with zero attached hydrogens (tertiary/aromatic N) is 2. The Balaban J connectivity index is 1.59. The minimum Gasteiger partial charge on any atom is -0.507 e. The van der Waals surface area contributed by atoms with Crippen molar-refractivity contribution < 1.29 is 19.0 Å². The SMILES string of the molecule is COc1ccc(-c2cncnc2-c2ccc(OCc3ccc(F)cc3)cc2O)cc1. The van der Waals surface area contributed by atoms with Gasteiger partial charge in [-0.1, -0.05) is 24.3 Å². The molecular formula is C24H19FN2O3. The Hall–Kier alpha value is -3.93. The lowest BCUT2D eigenvalue weighted by Crippen LogP contribution is -1.96. The molecule has 1 heterocycles. The molecule has 6 heteroatoms. The van der Waals surface area contributed by atoms with Crippen LogP contribution < -0.4 is 9.47 Å². The molecule has 0 aliphatic heterocycles. The topological polar surface area (TPSA) is 64.5 Å². The van der Waals surface area contributed by atoms with Gasteiger partial charge in [-0.15, -0.1) is 0 Å². The average molecular weight is 402 g/mol. The number of aromatic hydroxyl groups is 1. The molecule has 0 radical (unpaired) electrons. The average Bonchev–Trinajstić information content (AvgIpc) is 2.79. The van der Waals surface area contributed by atoms with Crippen LogP contribution in [-0.2, 0) is 6.61 Å². The number of aromatic nitrogens is 2. The maximum Gasteiger partial charge on any atom is 0.128 e. The Morgan fingerprint density at radius 3 is 2.33 bits per heavy atom. The maximum atomic E-state index is 13.0. The van der Waals surface area contributed by atoms with Crippen molar-refractivity contribution in [2.24, 2.45) is 0 Å². The quantitative estimate of drug-likeness (QED) is 0.478. The van der Waals surface area contributed by atoms with Crippen LogP contribution in [0.15, 0.2) is 79.3 Å². The molecule has 3 aromatic carbocycles. The Morgan fingerprint density at radius 2 is 1.63 bits per heavy atom. The zero-order valence-corrected chi connectivity index (χ0v) is 16.2. The van der Waals surface area contributed by atoms with E-state index in [0.717, 1.165) is 22.4 Å². The van der Waals surface area contributed by atoms with E-state index in [4.69, 9.17) is 9.47 Å². The van der Waals surface area contributed by atoms with Gasteiger partial charge in [0.2, 0.25) is 0 Å². The van der Waals surface area contributed by atoms with Crippen LogP contribution in [0, 0.1) is 5.82 Å². The van der Waals surface area contributed by atoms with Crippen LogP contribution in [0.3, 0.4) is 0 Å². The molecule has 1 N–H and O–H groups in total. The zero-order chi connectivity index (χ0) is 20.9. The summed E-state index contributed by atoms with van der Waals surface area (Å²) in [7, 11) is 1.61. The van der Waals surface area contributed by atoms with Gasteiger partial charge < -0.3 is 14.6 Å². The van der Waals surface area contributed by atoms with Crippen LogP contribution in [-0.4, -0.2) is 22.2 Å². The molecule has 0 atom stereocenters. The molecule has 0 unspecified atom stereocenters. The van der Waals surface area contributed by atoms with Crippen LogP contribution in [0.4, 0.5) is 4.39 Å². The Morgan fingerprint density at radius 1 is 0.900 bits per heavy atom. The number of hydrogen-bond donors (Lipinski definition) is 1. The van der Waals surface area contributed by atoms with Gasteiger partial charge in [-0.25, -0.2) is 14.4 Å². The highest BCUT2D eigenvalue weighted by atomic mass is 19.1. The first-order chi connectivity index (χ1) is 14.6. The Kier molecular flexibility index (Phi) is 5.57. The summed E-state index contributed by atoms with van der Waals surface area (Å²) in [6.45, 7) is 0.268. The molecule has 0 bridgehead atoms. The molecule has 150 valence electrons. The number of benzene rings is 3. The third-order valence-corrected chi connectivity index (χ3v) is 4.66. The molecule has 0 aliphatic carbocycles. The Bertz CT molecular complexity index is 1150. The number of ether oxygens (including phenoxy) is 2. The van der Waals surface area contributed by atoms with Crippen molar-refractivity contribution in [3.05, 3.63) is 90.6 Å². The number of rotatable bonds is 6. The van der Waals surface area contributed by atoms with E-state index in [-0.39, 0.29) is 18.2 Å². The zero-order valence-electron chi connectivity index (χ0n) is 16.2. The molecule has 0 saturated carbocycles. The largest absolute Gasteiger partial charge is 0.507 e. The number of halogens is 1. The summed E-state index contributed by atoms with van der Waals surface area (Å²) in [5, 5.41) is 10.6. The van der Waals surface area contributed by atoms with Gasteiger partial charge in [0.15, 0.2) is 0 Å². The second kappa shape index (κ2) is 8.61. The number of phenolic OH excluding ortho intramolecular Hbond substituents is 1. The lowest BCUT2D eigenvalue weighted by molar-refractivity contribution is 0.304. The van der Waals surface area contributed by atoms with E-state index in [1.54, 1.807) is 43.6 Å². The van der Waals surface area contributed by atoms with Gasteiger partial charge >= 0.3 is 0 Å². The maximum absolute atomic E-state index is 13.0. The first-order valence-corrected chi connectivity index (χ1v) is 9.29. The third kappa shape index (κ3) is 4.22. The normalized spacial score (nSPS) is 10.6. The fraction of sp³-hybridized carbons (Fsp3) is 0.0833. The molecule has 1 aromatic heterocycles. The molecule has 5 nitrogen and oxygen atoms in total. The van der Waals surface area contributed by atoms with Gasteiger partial charge in [0.1, 0.15) is 36.0 Å². The number of methoxy groups -OCH3 is 1. The molecule has 0 amide bonds. The predicted molar refractivity (Wildman–Crippen MR) is 112 cm³/mol. The first-order valence-electron chi connectivity index (χ1n) is 9.29. The van der Waals surface area contributed by atoms with Crippen LogP contribution in [0.1, 0.15) is 5.56 Å². The summed E-state index contributed by atoms with van der Waals surface area (Å²) < 4.78 is 23.9. The molecular weight excluding hydrogens is 383 g/mol. The summed E-state index contributed by atoms with van der Waals surface area (Å²) in [5.41, 5.74) is 3.70. The Labute approximate surface area is 173 Å². The van der Waals surface area contributed by atoms with E-state index < -0.39 is 0 Å². The summed E-state index contributed by atoms with van der Waals surface area (Å²) in [6, 6.07) is 18.7.